The molecule has 0 unspecified atom stereocenters. The Hall–Kier alpha value is -2.17. The van der Waals surface area contributed by atoms with Gasteiger partial charge in [-0.3, -0.25) is 9.48 Å². The van der Waals surface area contributed by atoms with Crippen LogP contribution in [0.1, 0.15) is 0 Å². The van der Waals surface area contributed by atoms with Crippen LogP contribution < -0.4 is 4.74 Å². The minimum absolute atomic E-state index is 0.0867. The van der Waals surface area contributed by atoms with E-state index in [1.54, 1.807) is 30.2 Å². The van der Waals surface area contributed by atoms with Crippen LogP contribution in [-0.2, 0) is 11.8 Å². The predicted octanol–water partition coefficient (Wildman–Crippen LogP) is 1.76. The van der Waals surface area contributed by atoms with Crippen molar-refractivity contribution in [1.82, 2.24) is 9.78 Å². The van der Waals surface area contributed by atoms with Gasteiger partial charge < -0.3 is 4.74 Å². The van der Waals surface area contributed by atoms with Gasteiger partial charge in [0.05, 0.1) is 6.20 Å². The van der Waals surface area contributed by atoms with Gasteiger partial charge in [-0.05, 0) is 17.7 Å². The van der Waals surface area contributed by atoms with E-state index in [2.05, 4.69) is 9.84 Å². The molecule has 0 aliphatic heterocycles. The monoisotopic (exact) mass is 220 g/mol. The van der Waals surface area contributed by atoms with Crippen molar-refractivity contribution in [3.05, 3.63) is 36.4 Å². The van der Waals surface area contributed by atoms with E-state index in [1.165, 1.54) is 12.1 Å². The average Bonchev–Trinajstić information content (AvgIpc) is 2.69. The molecule has 1 heterocycles. The Morgan fingerprint density at radius 1 is 1.44 bits per heavy atom. The van der Waals surface area contributed by atoms with Crippen LogP contribution in [0.2, 0.25) is 0 Å². The topological polar surface area (TPSA) is 44.1 Å². The van der Waals surface area contributed by atoms with Gasteiger partial charge in [-0.2, -0.15) is 5.10 Å². The average molecular weight is 220 g/mol. The summed E-state index contributed by atoms with van der Waals surface area (Å²) in [4.78, 5) is 10.2. The fraction of sp³-hybridized carbons (Fsp3) is 0.0909. The van der Waals surface area contributed by atoms with Crippen LogP contribution >= 0.6 is 0 Å². The van der Waals surface area contributed by atoms with Crippen LogP contribution in [0.5, 0.6) is 5.75 Å². The fourth-order valence-electron chi connectivity index (χ4n) is 1.40. The molecule has 4 nitrogen and oxygen atoms in total. The summed E-state index contributed by atoms with van der Waals surface area (Å²) in [6.45, 7) is 0.200. The summed E-state index contributed by atoms with van der Waals surface area (Å²) in [5, 5.41) is 4.00. The van der Waals surface area contributed by atoms with Crippen LogP contribution in [-0.4, -0.2) is 16.3 Å². The summed E-state index contributed by atoms with van der Waals surface area (Å²) in [6.07, 6.45) is 3.44. The lowest BCUT2D eigenvalue weighted by Gasteiger charge is -2.02. The van der Waals surface area contributed by atoms with Gasteiger partial charge in [-0.15, -0.1) is 0 Å². The van der Waals surface area contributed by atoms with Gasteiger partial charge in [0.1, 0.15) is 0 Å². The summed E-state index contributed by atoms with van der Waals surface area (Å²) < 4.78 is 19.3. The molecule has 0 spiro atoms. The quantitative estimate of drug-likeness (QED) is 0.740. The molecule has 0 fully saturated rings. The molecular weight excluding hydrogens is 211 g/mol. The van der Waals surface area contributed by atoms with E-state index >= 15 is 0 Å². The van der Waals surface area contributed by atoms with E-state index in [1.807, 2.05) is 0 Å². The third-order valence-corrected chi connectivity index (χ3v) is 2.14. The lowest BCUT2D eigenvalue weighted by Crippen LogP contribution is -1.92. The maximum atomic E-state index is 13.2. The molecule has 2 aromatic rings. The lowest BCUT2D eigenvalue weighted by molar-refractivity contribution is -0.120. The fourth-order valence-corrected chi connectivity index (χ4v) is 1.40. The Labute approximate surface area is 91.3 Å². The van der Waals surface area contributed by atoms with Gasteiger partial charge in [0.2, 0.25) is 0 Å². The second-order valence-corrected chi connectivity index (χ2v) is 3.26. The molecule has 16 heavy (non-hydrogen) atoms. The van der Waals surface area contributed by atoms with Gasteiger partial charge in [0, 0.05) is 18.8 Å². The van der Waals surface area contributed by atoms with Gasteiger partial charge in [0.15, 0.2) is 11.6 Å². The van der Waals surface area contributed by atoms with Crippen molar-refractivity contribution >= 4 is 6.47 Å². The first kappa shape index (κ1) is 10.4. The number of hydrogen-bond acceptors (Lipinski definition) is 3. The van der Waals surface area contributed by atoms with E-state index in [0.717, 1.165) is 11.1 Å². The van der Waals surface area contributed by atoms with Gasteiger partial charge in [-0.25, -0.2) is 4.39 Å². The van der Waals surface area contributed by atoms with Crippen LogP contribution in [0.25, 0.3) is 11.1 Å². The summed E-state index contributed by atoms with van der Waals surface area (Å²) >= 11 is 0. The number of rotatable bonds is 3. The maximum absolute atomic E-state index is 13.2. The zero-order chi connectivity index (χ0) is 11.5. The molecule has 1 aromatic carbocycles. The molecule has 0 saturated heterocycles. The highest BCUT2D eigenvalue weighted by molar-refractivity contribution is 5.64. The second-order valence-electron chi connectivity index (χ2n) is 3.26. The maximum Gasteiger partial charge on any atom is 0.298 e. The first-order valence-electron chi connectivity index (χ1n) is 4.59. The summed E-state index contributed by atoms with van der Waals surface area (Å²) in [5.74, 6) is -0.656. The normalized spacial score (nSPS) is 10.1. The summed E-state index contributed by atoms with van der Waals surface area (Å²) in [7, 11) is 1.79. The van der Waals surface area contributed by atoms with E-state index in [0.29, 0.717) is 0 Å². The first-order valence-corrected chi connectivity index (χ1v) is 4.59. The molecule has 0 radical (unpaired) electrons. The van der Waals surface area contributed by atoms with Gasteiger partial charge in [0.25, 0.3) is 6.47 Å². The molecule has 2 rings (SSSR count). The third-order valence-electron chi connectivity index (χ3n) is 2.14. The number of aromatic nitrogens is 2. The number of hydrogen-bond donors (Lipinski definition) is 0. The molecule has 0 aliphatic carbocycles. The van der Waals surface area contributed by atoms with Crippen molar-refractivity contribution in [3.63, 3.8) is 0 Å². The van der Waals surface area contributed by atoms with Crippen molar-refractivity contribution in [2.24, 2.45) is 7.05 Å². The van der Waals surface area contributed by atoms with Gasteiger partial charge >= 0.3 is 0 Å². The third kappa shape index (κ3) is 1.93. The van der Waals surface area contributed by atoms with E-state index in [9.17, 15) is 9.18 Å². The molecule has 5 heteroatoms. The number of carbonyl (C=O) groups excluding carboxylic acids is 1. The minimum atomic E-state index is -0.570. The number of aryl methyl sites for hydroxylation is 1. The predicted molar refractivity (Wildman–Crippen MR) is 55.3 cm³/mol. The molecule has 0 amide bonds. The van der Waals surface area contributed by atoms with Crippen LogP contribution in [0.3, 0.4) is 0 Å². The van der Waals surface area contributed by atoms with Crippen molar-refractivity contribution in [2.45, 2.75) is 0 Å². The molecular formula is C11H9FN2O2. The Balaban J connectivity index is 2.42. The number of ether oxygens (including phenoxy) is 1. The summed E-state index contributed by atoms with van der Waals surface area (Å²) in [6, 6.07) is 4.31. The van der Waals surface area contributed by atoms with E-state index in [-0.39, 0.29) is 12.2 Å². The SMILES string of the molecule is Cn1cc(-c2ccc(F)c(OC=O)c2)cn1. The molecule has 1 aromatic heterocycles. The zero-order valence-electron chi connectivity index (χ0n) is 8.55. The Kier molecular flexibility index (Phi) is 2.68. The van der Waals surface area contributed by atoms with E-state index in [4.69, 9.17) is 0 Å². The minimum Gasteiger partial charge on any atom is -0.426 e. The zero-order valence-corrected chi connectivity index (χ0v) is 8.55. The molecule has 0 atom stereocenters. The van der Waals surface area contributed by atoms with Crippen molar-refractivity contribution in [2.75, 3.05) is 0 Å². The van der Waals surface area contributed by atoms with Crippen molar-refractivity contribution in [3.8, 4) is 16.9 Å². The number of nitrogens with zero attached hydrogens (tertiary/aromatic N) is 2. The van der Waals surface area contributed by atoms with Crippen LogP contribution in [0.15, 0.2) is 30.6 Å². The molecule has 0 N–H and O–H groups in total. The molecule has 82 valence electrons. The summed E-state index contributed by atoms with van der Waals surface area (Å²) in [5.41, 5.74) is 1.57. The number of carbonyl (C=O) groups is 1. The van der Waals surface area contributed by atoms with Gasteiger partial charge in [-0.1, -0.05) is 6.07 Å². The largest absolute Gasteiger partial charge is 0.426 e. The Morgan fingerprint density at radius 3 is 2.88 bits per heavy atom. The first-order chi connectivity index (χ1) is 7.70. The Bertz CT molecular complexity index is 522. The highest BCUT2D eigenvalue weighted by atomic mass is 19.1. The van der Waals surface area contributed by atoms with Crippen molar-refractivity contribution in [1.29, 1.82) is 0 Å². The smallest absolute Gasteiger partial charge is 0.298 e. The molecule has 0 saturated carbocycles. The van der Waals surface area contributed by atoms with Crippen molar-refractivity contribution < 1.29 is 13.9 Å². The number of benzene rings is 1. The highest BCUT2D eigenvalue weighted by Crippen LogP contribution is 2.25. The number of halogens is 1. The Morgan fingerprint density at radius 2 is 2.25 bits per heavy atom. The second kappa shape index (κ2) is 4.14. The van der Waals surface area contributed by atoms with Crippen LogP contribution in [0, 0.1) is 5.82 Å². The standard InChI is InChI=1S/C11H9FN2O2/c1-14-6-9(5-13-14)8-2-3-10(12)11(4-8)16-7-15/h2-7H,1H3. The molecule has 0 bridgehead atoms. The molecule has 0 aliphatic rings. The van der Waals surface area contributed by atoms with Crippen LogP contribution in [0.4, 0.5) is 4.39 Å². The lowest BCUT2D eigenvalue weighted by atomic mass is 10.1. The van der Waals surface area contributed by atoms with E-state index < -0.39 is 5.82 Å². The highest BCUT2D eigenvalue weighted by Gasteiger charge is 2.07.